The zero-order chi connectivity index (χ0) is 59.6. The molecule has 82 heavy (non-hydrogen) atoms. The van der Waals surface area contributed by atoms with Crippen LogP contribution in [0.15, 0.2) is 94.7 Å². The molecule has 0 unspecified atom stereocenters. The van der Waals surface area contributed by atoms with Crippen LogP contribution in [-0.4, -0.2) is 137 Å². The van der Waals surface area contributed by atoms with Crippen LogP contribution in [0.2, 0.25) is 0 Å². The lowest BCUT2D eigenvalue weighted by molar-refractivity contribution is -0.144. The molecule has 0 spiro atoms. The molecule has 18 nitrogen and oxygen atoms in total. The van der Waals surface area contributed by atoms with Crippen molar-refractivity contribution in [1.82, 2.24) is 41.7 Å². The first-order valence-electron chi connectivity index (χ1n) is 28.9. The van der Waals surface area contributed by atoms with Gasteiger partial charge in [-0.05, 0) is 159 Å². The molecule has 0 saturated carbocycles. The van der Waals surface area contributed by atoms with Crippen LogP contribution in [0, 0.1) is 22.7 Å². The fraction of sp³-hybridized carbons (Fsp3) is 0.548. The van der Waals surface area contributed by atoms with E-state index in [0.29, 0.717) is 23.6 Å². The zero-order valence-corrected chi connectivity index (χ0v) is 50.8. The average molecular weight is 1170 g/mol. The highest BCUT2D eigenvalue weighted by Gasteiger charge is 2.49. The van der Waals surface area contributed by atoms with Gasteiger partial charge in [0, 0.05) is 13.1 Å². The summed E-state index contributed by atoms with van der Waals surface area (Å²) >= 11 is 0. The van der Waals surface area contributed by atoms with E-state index in [4.69, 9.17) is 0 Å². The van der Waals surface area contributed by atoms with Gasteiger partial charge in [-0.1, -0.05) is 102 Å². The van der Waals surface area contributed by atoms with Crippen molar-refractivity contribution in [1.29, 1.82) is 0 Å². The lowest BCUT2D eigenvalue weighted by Crippen LogP contribution is -2.59. The van der Waals surface area contributed by atoms with Gasteiger partial charge in [0.05, 0.1) is 45.5 Å². The maximum Gasteiger partial charge on any atom is 0.246 e. The molecule has 4 aromatic rings. The van der Waals surface area contributed by atoms with Gasteiger partial charge < -0.3 is 41.7 Å². The summed E-state index contributed by atoms with van der Waals surface area (Å²) in [5.74, 6) is -4.83. The minimum atomic E-state index is -4.14. The standard InChI is InChI=1S/C62H84N8O10S2/c1-37(63-9)55(71)67-53(61(3,4)5)59(75)69-33-39(29-51(69)57(73)65-49-23-15-19-42-17-11-13-21-47(42)49)35-81(77,78)45-27-25-41-26-28-46(32-44(41)31-45)82(79,80)36-40-30-52(58(74)66-50-24-16-20-43-18-12-14-22-48(43)50)70(34-40)60(76)54(62(6,7)8)68-56(72)38(2)64-10/h11-14,17-18,21-22,25-28,31-32,37-40,49-54,63-64H,15-16,19-20,23-24,29-30,33-36H2,1-10H3,(H,65,73)(H,66,74)(H,67,71)(H,68,72)/t37-,38-,39-,40-,49+,50+,51-,52-,53+,54+/m0/s1. The molecule has 2 fully saturated rings. The molecule has 10 atom stereocenters. The Morgan fingerprint density at radius 2 is 0.927 bits per heavy atom. The lowest BCUT2D eigenvalue weighted by Gasteiger charge is -2.36. The molecule has 0 radical (unpaired) electrons. The van der Waals surface area contributed by atoms with Crippen LogP contribution in [0.1, 0.15) is 128 Å². The van der Waals surface area contributed by atoms with Crippen molar-refractivity contribution in [3.05, 3.63) is 107 Å². The van der Waals surface area contributed by atoms with Crippen molar-refractivity contribution in [2.75, 3.05) is 38.7 Å². The van der Waals surface area contributed by atoms with Gasteiger partial charge in [0.1, 0.15) is 24.2 Å². The fourth-order valence-corrected chi connectivity index (χ4v) is 15.5. The van der Waals surface area contributed by atoms with E-state index in [1.807, 2.05) is 90.1 Å². The maximum absolute atomic E-state index is 14.8. The van der Waals surface area contributed by atoms with Crippen molar-refractivity contribution in [3.63, 3.8) is 0 Å². The van der Waals surface area contributed by atoms with Crippen LogP contribution in [0.5, 0.6) is 0 Å². The highest BCUT2D eigenvalue weighted by atomic mass is 32.2. The SMILES string of the molecule is CN[C@@H](C)C(=O)N[C@H](C(=O)N1C[C@@H](CS(=O)(=O)c2ccc3ccc(S(=O)(=O)C[C@H]4C[C@@H](C(=O)N[C@@H]5CCCc6ccccc65)N(C(=O)[C@@H](NC(=O)[C@H](C)NC)C(C)(C)C)C4)cc3c2)C[C@H]1C(=O)N[C@@H]1CCCc2ccccc21)C(C)(C)C. The molecular formula is C62H84N8O10S2. The first-order valence-corrected chi connectivity index (χ1v) is 32.2. The third-order valence-electron chi connectivity index (χ3n) is 17.2. The average Bonchev–Trinajstić information content (AvgIpc) is 4.05. The number of nitrogens with zero attached hydrogens (tertiary/aromatic N) is 2. The highest BCUT2D eigenvalue weighted by Crippen LogP contribution is 2.37. The molecule has 4 aliphatic rings. The third-order valence-corrected chi connectivity index (χ3v) is 20.9. The van der Waals surface area contributed by atoms with Crippen LogP contribution in [0.4, 0.5) is 0 Å². The summed E-state index contributed by atoms with van der Waals surface area (Å²) in [5.41, 5.74) is 2.70. The maximum atomic E-state index is 14.8. The van der Waals surface area contributed by atoms with E-state index in [2.05, 4.69) is 31.9 Å². The smallest absolute Gasteiger partial charge is 0.246 e. The van der Waals surface area contributed by atoms with Crippen LogP contribution in [-0.2, 0) is 61.3 Å². The lowest BCUT2D eigenvalue weighted by atomic mass is 9.85. The number of carbonyl (C=O) groups excluding carboxylic acids is 6. The minimum Gasteiger partial charge on any atom is -0.347 e. The van der Waals surface area contributed by atoms with Crippen molar-refractivity contribution in [2.45, 2.75) is 165 Å². The molecule has 2 aliphatic heterocycles. The van der Waals surface area contributed by atoms with Gasteiger partial charge in [-0.3, -0.25) is 28.8 Å². The molecule has 6 amide bonds. The summed E-state index contributed by atoms with van der Waals surface area (Å²) < 4.78 is 58.4. The van der Waals surface area contributed by atoms with Gasteiger partial charge >= 0.3 is 0 Å². The van der Waals surface area contributed by atoms with Crippen LogP contribution >= 0.6 is 0 Å². The van der Waals surface area contributed by atoms with Crippen molar-refractivity contribution < 1.29 is 45.6 Å². The predicted molar refractivity (Wildman–Crippen MR) is 316 cm³/mol. The summed E-state index contributed by atoms with van der Waals surface area (Å²) in [4.78, 5) is 87.9. The normalized spacial score (nSPS) is 22.7. The Bertz CT molecular complexity index is 3090. The quantitative estimate of drug-likeness (QED) is 0.0725. The molecule has 20 heteroatoms. The Hall–Kier alpha value is -6.22. The number of rotatable bonds is 18. The second-order valence-electron chi connectivity index (χ2n) is 25.4. The van der Waals surface area contributed by atoms with E-state index >= 15 is 0 Å². The highest BCUT2D eigenvalue weighted by molar-refractivity contribution is 7.91. The Morgan fingerprint density at radius 3 is 1.29 bits per heavy atom. The molecule has 2 aliphatic carbocycles. The summed E-state index contributed by atoms with van der Waals surface area (Å²) in [6, 6.07) is 18.9. The number of likely N-dealkylation sites (tertiary alicyclic amines) is 2. The molecule has 8 rings (SSSR count). The molecule has 444 valence electrons. The number of likely N-dealkylation sites (N-methyl/N-ethyl adjacent to an activating group) is 2. The molecular weight excluding hydrogens is 1080 g/mol. The molecule has 2 saturated heterocycles. The molecule has 2 heterocycles. The van der Waals surface area contributed by atoms with Gasteiger partial charge in [0.25, 0.3) is 0 Å². The number of carbonyl (C=O) groups is 6. The number of aryl methyl sites for hydroxylation is 2. The van der Waals surface area contributed by atoms with Crippen LogP contribution in [0.25, 0.3) is 10.8 Å². The van der Waals surface area contributed by atoms with E-state index in [9.17, 15) is 45.6 Å². The Labute approximate surface area is 484 Å². The van der Waals surface area contributed by atoms with Crippen molar-refractivity contribution >= 4 is 65.9 Å². The van der Waals surface area contributed by atoms with Crippen molar-refractivity contribution in [2.24, 2.45) is 22.7 Å². The predicted octanol–water partition coefficient (Wildman–Crippen LogP) is 5.49. The Morgan fingerprint density at radius 1 is 0.549 bits per heavy atom. The first-order chi connectivity index (χ1) is 38.6. The van der Waals surface area contributed by atoms with E-state index < -0.39 is 126 Å². The number of hydrogen-bond acceptors (Lipinski definition) is 12. The number of benzene rings is 4. The van der Waals surface area contributed by atoms with Crippen molar-refractivity contribution in [3.8, 4) is 0 Å². The molecule has 4 aromatic carbocycles. The van der Waals surface area contributed by atoms with Gasteiger partial charge in [-0.25, -0.2) is 16.8 Å². The zero-order valence-electron chi connectivity index (χ0n) is 49.1. The summed E-state index contributed by atoms with van der Waals surface area (Å²) in [6.45, 7) is 14.1. The number of fused-ring (bicyclic) bond motifs is 3. The van der Waals surface area contributed by atoms with Gasteiger partial charge in [0.2, 0.25) is 35.4 Å². The third kappa shape index (κ3) is 13.9. The van der Waals surface area contributed by atoms with Crippen LogP contribution in [0.3, 0.4) is 0 Å². The first kappa shape index (κ1) is 61.8. The van der Waals surface area contributed by atoms with E-state index in [1.165, 1.54) is 34.1 Å². The minimum absolute atomic E-state index is 0.0428. The monoisotopic (exact) mass is 1160 g/mol. The van der Waals surface area contributed by atoms with Gasteiger partial charge in [0.15, 0.2) is 19.7 Å². The summed E-state index contributed by atoms with van der Waals surface area (Å²) in [5, 5.41) is 18.9. The second kappa shape index (κ2) is 24.9. The van der Waals surface area contributed by atoms with E-state index in [1.54, 1.807) is 40.1 Å². The Balaban J connectivity index is 1.03. The second-order valence-corrected chi connectivity index (χ2v) is 29.5. The van der Waals surface area contributed by atoms with Gasteiger partial charge in [-0.2, -0.15) is 0 Å². The molecule has 0 bridgehead atoms. The number of hydrogen-bond donors (Lipinski definition) is 6. The Kier molecular flexibility index (Phi) is 18.8. The molecule has 0 aromatic heterocycles. The number of sulfone groups is 2. The summed E-state index contributed by atoms with van der Waals surface area (Å²) in [7, 11) is -5.01. The van der Waals surface area contributed by atoms with Crippen LogP contribution < -0.4 is 31.9 Å². The topological polar surface area (TPSA) is 249 Å². The fourth-order valence-electron chi connectivity index (χ4n) is 12.2. The number of nitrogens with one attached hydrogen (secondary N) is 6. The summed E-state index contributed by atoms with van der Waals surface area (Å²) in [6.07, 6.45) is 4.94. The largest absolute Gasteiger partial charge is 0.347 e. The molecule has 6 N–H and O–H groups in total. The van der Waals surface area contributed by atoms with E-state index in [-0.39, 0.29) is 47.8 Å². The van der Waals surface area contributed by atoms with E-state index in [0.717, 1.165) is 47.9 Å². The number of amides is 6. The van der Waals surface area contributed by atoms with Gasteiger partial charge in [-0.15, -0.1) is 0 Å².